The minimum atomic E-state index is -3.27. The van der Waals surface area contributed by atoms with Crippen LogP contribution in [0.3, 0.4) is 0 Å². The first-order valence-electron chi connectivity index (χ1n) is 11.2. The third-order valence-corrected chi connectivity index (χ3v) is 6.26. The van der Waals surface area contributed by atoms with Crippen molar-refractivity contribution in [3.05, 3.63) is 66.1 Å². The molecule has 0 spiro atoms. The molecule has 3 aromatic rings. The van der Waals surface area contributed by atoms with Crippen LogP contribution >= 0.6 is 0 Å². The maximum absolute atomic E-state index is 12.2. The minimum absolute atomic E-state index is 0.106. The molecule has 2 N–H and O–H groups in total. The Kier molecular flexibility index (Phi) is 7.57. The van der Waals surface area contributed by atoms with Crippen molar-refractivity contribution < 1.29 is 17.9 Å². The van der Waals surface area contributed by atoms with Crippen molar-refractivity contribution >= 4 is 27.4 Å². The van der Waals surface area contributed by atoms with E-state index in [0.29, 0.717) is 54.9 Å². The molecule has 1 atom stereocenters. The van der Waals surface area contributed by atoms with Gasteiger partial charge in [0.15, 0.2) is 15.7 Å². The summed E-state index contributed by atoms with van der Waals surface area (Å²) in [6.45, 7) is 4.24. The predicted octanol–water partition coefficient (Wildman–Crippen LogP) is 2.63. The van der Waals surface area contributed by atoms with Crippen molar-refractivity contribution in [2.45, 2.75) is 25.3 Å². The highest BCUT2D eigenvalue weighted by atomic mass is 32.2. The molecule has 1 aliphatic rings. The maximum atomic E-state index is 12.2. The van der Waals surface area contributed by atoms with Crippen LogP contribution in [-0.2, 0) is 26.9 Å². The summed E-state index contributed by atoms with van der Waals surface area (Å²) < 4.78 is 29.4. The van der Waals surface area contributed by atoms with E-state index in [0.717, 1.165) is 5.56 Å². The van der Waals surface area contributed by atoms with Gasteiger partial charge in [0.2, 0.25) is 0 Å². The van der Waals surface area contributed by atoms with Crippen molar-refractivity contribution in [1.82, 2.24) is 20.3 Å². The van der Waals surface area contributed by atoms with E-state index in [9.17, 15) is 13.2 Å². The number of benzene rings is 1. The Morgan fingerprint density at radius 3 is 2.57 bits per heavy atom. The number of pyridine rings is 1. The largest absolute Gasteiger partial charge is 0.377 e. The van der Waals surface area contributed by atoms with Crippen LogP contribution in [0.15, 0.2) is 54.9 Å². The standard InChI is InChI=1S/C24H28N6O4S/c1-17-15-34-12-11-30(17)22-13-21(16-35(2,32)33)27-23(29-22)19-3-5-20(6-4-19)28-24(31)26-14-18-7-9-25-10-8-18/h3-10,13,17H,11-12,14-16H2,1-2H3,(H2,26,28,31)/t17-/m0/s1. The van der Waals surface area contributed by atoms with Gasteiger partial charge in [-0.25, -0.2) is 23.2 Å². The number of urea groups is 1. The van der Waals surface area contributed by atoms with E-state index in [1.165, 1.54) is 6.26 Å². The number of anilines is 2. The summed E-state index contributed by atoms with van der Waals surface area (Å²) in [6.07, 6.45) is 4.53. The van der Waals surface area contributed by atoms with Crippen molar-refractivity contribution in [2.24, 2.45) is 0 Å². The number of carbonyl (C=O) groups is 1. The maximum Gasteiger partial charge on any atom is 0.319 e. The second-order valence-electron chi connectivity index (χ2n) is 8.47. The van der Waals surface area contributed by atoms with Gasteiger partial charge in [-0.2, -0.15) is 0 Å². The molecule has 3 heterocycles. The molecular weight excluding hydrogens is 468 g/mol. The molecule has 1 saturated heterocycles. The molecule has 0 saturated carbocycles. The Labute approximate surface area is 204 Å². The lowest BCUT2D eigenvalue weighted by Crippen LogP contribution is -2.44. The lowest BCUT2D eigenvalue weighted by molar-refractivity contribution is 0.0985. The SMILES string of the molecule is C[C@H]1COCCN1c1cc(CS(C)(=O)=O)nc(-c2ccc(NC(=O)NCc3ccncc3)cc2)n1. The fourth-order valence-electron chi connectivity index (χ4n) is 3.73. The first kappa shape index (κ1) is 24.6. The normalized spacial score (nSPS) is 16.1. The highest BCUT2D eigenvalue weighted by Crippen LogP contribution is 2.25. The van der Waals surface area contributed by atoms with Gasteiger partial charge in [0.1, 0.15) is 5.82 Å². The van der Waals surface area contributed by atoms with E-state index in [-0.39, 0.29) is 17.8 Å². The Morgan fingerprint density at radius 2 is 1.89 bits per heavy atom. The summed E-state index contributed by atoms with van der Waals surface area (Å²) in [6, 6.07) is 12.3. The zero-order valence-corrected chi connectivity index (χ0v) is 20.5. The molecule has 0 unspecified atom stereocenters. The number of ether oxygens (including phenoxy) is 1. The number of carbonyl (C=O) groups excluding carboxylic acids is 1. The summed E-state index contributed by atoms with van der Waals surface area (Å²) in [5, 5.41) is 5.59. The van der Waals surface area contributed by atoms with E-state index < -0.39 is 9.84 Å². The molecular formula is C24H28N6O4S. The molecule has 10 nitrogen and oxygen atoms in total. The van der Waals surface area contributed by atoms with E-state index in [1.807, 2.05) is 19.1 Å². The average Bonchev–Trinajstić information content (AvgIpc) is 2.83. The van der Waals surface area contributed by atoms with Gasteiger partial charge in [0.25, 0.3) is 0 Å². The van der Waals surface area contributed by atoms with Crippen LogP contribution in [-0.4, -0.2) is 61.5 Å². The lowest BCUT2D eigenvalue weighted by Gasteiger charge is -2.34. The van der Waals surface area contributed by atoms with E-state index in [2.05, 4.69) is 25.5 Å². The zero-order chi connectivity index (χ0) is 24.8. The van der Waals surface area contributed by atoms with Gasteiger partial charge >= 0.3 is 6.03 Å². The van der Waals surface area contributed by atoms with Gasteiger partial charge in [-0.15, -0.1) is 0 Å². The molecule has 1 aromatic carbocycles. The van der Waals surface area contributed by atoms with Crippen LogP contribution in [0.5, 0.6) is 0 Å². The third-order valence-electron chi connectivity index (χ3n) is 5.44. The van der Waals surface area contributed by atoms with Crippen LogP contribution in [0.2, 0.25) is 0 Å². The number of nitrogens with one attached hydrogen (secondary N) is 2. The smallest absolute Gasteiger partial charge is 0.319 e. The van der Waals surface area contributed by atoms with Crippen LogP contribution in [0.4, 0.5) is 16.3 Å². The number of hydrogen-bond donors (Lipinski definition) is 2. The number of nitrogens with zero attached hydrogens (tertiary/aromatic N) is 4. The molecule has 2 amide bonds. The summed E-state index contributed by atoms with van der Waals surface area (Å²) in [7, 11) is -3.27. The van der Waals surface area contributed by atoms with Gasteiger partial charge in [0.05, 0.1) is 30.7 Å². The summed E-state index contributed by atoms with van der Waals surface area (Å²) in [5.41, 5.74) is 2.70. The Hall–Kier alpha value is -3.57. The van der Waals surface area contributed by atoms with Crippen molar-refractivity contribution in [3.8, 4) is 11.4 Å². The quantitative estimate of drug-likeness (QED) is 0.511. The third kappa shape index (κ3) is 6.96. The van der Waals surface area contributed by atoms with Gasteiger partial charge < -0.3 is 20.3 Å². The molecule has 11 heteroatoms. The topological polar surface area (TPSA) is 126 Å². The van der Waals surface area contributed by atoms with Gasteiger partial charge in [0, 0.05) is 49.1 Å². The lowest BCUT2D eigenvalue weighted by atomic mass is 10.2. The van der Waals surface area contributed by atoms with Gasteiger partial charge in [-0.3, -0.25) is 4.98 Å². The number of hydrogen-bond acceptors (Lipinski definition) is 8. The van der Waals surface area contributed by atoms with Crippen LogP contribution < -0.4 is 15.5 Å². The molecule has 4 rings (SSSR count). The first-order valence-corrected chi connectivity index (χ1v) is 13.3. The van der Waals surface area contributed by atoms with Crippen LogP contribution in [0, 0.1) is 0 Å². The molecule has 35 heavy (non-hydrogen) atoms. The van der Waals surface area contributed by atoms with E-state index in [1.54, 1.807) is 42.7 Å². The van der Waals surface area contributed by atoms with Crippen molar-refractivity contribution in [1.29, 1.82) is 0 Å². The highest BCUT2D eigenvalue weighted by molar-refractivity contribution is 7.89. The highest BCUT2D eigenvalue weighted by Gasteiger charge is 2.22. The molecule has 0 bridgehead atoms. The number of sulfone groups is 1. The first-order chi connectivity index (χ1) is 16.8. The molecule has 1 aliphatic heterocycles. The van der Waals surface area contributed by atoms with E-state index >= 15 is 0 Å². The Bertz CT molecular complexity index is 1270. The average molecular weight is 497 g/mol. The monoisotopic (exact) mass is 496 g/mol. The number of aromatic nitrogens is 3. The number of rotatable bonds is 7. The van der Waals surface area contributed by atoms with Crippen molar-refractivity contribution in [2.75, 3.05) is 36.2 Å². The minimum Gasteiger partial charge on any atom is -0.377 e. The van der Waals surface area contributed by atoms with Crippen LogP contribution in [0.25, 0.3) is 11.4 Å². The number of morpholine rings is 1. The predicted molar refractivity (Wildman–Crippen MR) is 134 cm³/mol. The molecule has 2 aromatic heterocycles. The fourth-order valence-corrected chi connectivity index (χ4v) is 4.42. The summed E-state index contributed by atoms with van der Waals surface area (Å²) >= 11 is 0. The zero-order valence-electron chi connectivity index (χ0n) is 19.6. The Morgan fingerprint density at radius 1 is 1.14 bits per heavy atom. The fraction of sp³-hybridized carbons (Fsp3) is 0.333. The van der Waals surface area contributed by atoms with Crippen molar-refractivity contribution in [3.63, 3.8) is 0 Å². The summed E-state index contributed by atoms with van der Waals surface area (Å²) in [5.74, 6) is 0.918. The van der Waals surface area contributed by atoms with E-state index in [4.69, 9.17) is 9.72 Å². The van der Waals surface area contributed by atoms with Gasteiger partial charge in [-0.05, 0) is 48.9 Å². The number of amides is 2. The Balaban J connectivity index is 1.51. The van der Waals surface area contributed by atoms with Gasteiger partial charge in [-0.1, -0.05) is 0 Å². The molecule has 1 fully saturated rings. The second kappa shape index (κ2) is 10.8. The second-order valence-corrected chi connectivity index (χ2v) is 10.6. The molecule has 0 radical (unpaired) electrons. The van der Waals surface area contributed by atoms with Crippen LogP contribution in [0.1, 0.15) is 18.2 Å². The summed E-state index contributed by atoms with van der Waals surface area (Å²) in [4.78, 5) is 27.5. The molecule has 0 aliphatic carbocycles. The molecule has 184 valence electrons.